The summed E-state index contributed by atoms with van der Waals surface area (Å²) in [5.74, 6) is 0. The molecule has 0 spiro atoms. The van der Waals surface area contributed by atoms with Gasteiger partial charge < -0.3 is 5.32 Å². The summed E-state index contributed by atoms with van der Waals surface area (Å²) in [6, 6.07) is 9.33. The molecule has 5 heteroatoms. The molecule has 1 atom stereocenters. The zero-order chi connectivity index (χ0) is 14.9. The minimum absolute atomic E-state index is 0.0190. The third kappa shape index (κ3) is 3.17. The molecular weight excluding hydrogens is 336 g/mol. The van der Waals surface area contributed by atoms with Gasteiger partial charge in [-0.1, -0.05) is 58.5 Å². The highest BCUT2D eigenvalue weighted by Crippen LogP contribution is 2.37. The Bertz CT molecular complexity index is 640. The maximum absolute atomic E-state index is 6.25. The van der Waals surface area contributed by atoms with Crippen LogP contribution in [0.1, 0.15) is 24.1 Å². The van der Waals surface area contributed by atoms with E-state index >= 15 is 0 Å². The lowest BCUT2D eigenvalue weighted by Crippen LogP contribution is -2.08. The van der Waals surface area contributed by atoms with Crippen molar-refractivity contribution in [2.75, 3.05) is 5.32 Å². The van der Waals surface area contributed by atoms with Crippen molar-refractivity contribution in [1.29, 1.82) is 0 Å². The van der Waals surface area contributed by atoms with Crippen molar-refractivity contribution in [3.63, 3.8) is 0 Å². The summed E-state index contributed by atoms with van der Waals surface area (Å²) < 4.78 is 0. The van der Waals surface area contributed by atoms with E-state index in [1.54, 1.807) is 6.07 Å². The Morgan fingerprint density at radius 1 is 0.900 bits per heavy atom. The molecular formula is C15H13Cl4N. The number of hydrogen-bond acceptors (Lipinski definition) is 1. The first-order chi connectivity index (χ1) is 9.41. The first-order valence-corrected chi connectivity index (χ1v) is 7.58. The highest BCUT2D eigenvalue weighted by Gasteiger charge is 2.15. The second kappa shape index (κ2) is 6.44. The zero-order valence-electron chi connectivity index (χ0n) is 11.0. The van der Waals surface area contributed by atoms with E-state index in [4.69, 9.17) is 46.4 Å². The SMILES string of the molecule is Cc1c(Cl)cccc1NC(C)c1ccc(Cl)c(Cl)c1Cl. The molecule has 0 aliphatic rings. The number of halogens is 4. The Morgan fingerprint density at radius 2 is 1.60 bits per heavy atom. The largest absolute Gasteiger partial charge is 0.378 e. The third-order valence-corrected chi connectivity index (χ3v) is 4.89. The third-order valence-electron chi connectivity index (χ3n) is 3.17. The van der Waals surface area contributed by atoms with Crippen molar-refractivity contribution in [2.45, 2.75) is 19.9 Å². The number of benzene rings is 2. The maximum Gasteiger partial charge on any atom is 0.0782 e. The van der Waals surface area contributed by atoms with E-state index in [1.807, 2.05) is 38.1 Å². The number of nitrogens with one attached hydrogen (secondary N) is 1. The van der Waals surface area contributed by atoms with Gasteiger partial charge in [0.2, 0.25) is 0 Å². The summed E-state index contributed by atoms with van der Waals surface area (Å²) in [6.07, 6.45) is 0. The molecule has 0 saturated carbocycles. The average molecular weight is 349 g/mol. The van der Waals surface area contributed by atoms with Crippen molar-refractivity contribution >= 4 is 52.1 Å². The summed E-state index contributed by atoms with van der Waals surface area (Å²) in [7, 11) is 0. The van der Waals surface area contributed by atoms with Gasteiger partial charge in [-0.05, 0) is 43.2 Å². The second-order valence-corrected chi connectivity index (χ2v) is 6.11. The van der Waals surface area contributed by atoms with Gasteiger partial charge in [0, 0.05) is 10.7 Å². The van der Waals surface area contributed by atoms with Crippen molar-refractivity contribution in [2.24, 2.45) is 0 Å². The van der Waals surface area contributed by atoms with Crippen LogP contribution in [0.2, 0.25) is 20.1 Å². The summed E-state index contributed by atoms with van der Waals surface area (Å²) in [5.41, 5.74) is 2.85. The molecule has 1 nitrogen and oxygen atoms in total. The van der Waals surface area contributed by atoms with E-state index < -0.39 is 0 Å². The fraction of sp³-hybridized carbons (Fsp3) is 0.200. The van der Waals surface area contributed by atoms with E-state index in [0.717, 1.165) is 21.8 Å². The lowest BCUT2D eigenvalue weighted by Gasteiger charge is -2.19. The van der Waals surface area contributed by atoms with Crippen LogP contribution in [0.5, 0.6) is 0 Å². The number of rotatable bonds is 3. The molecule has 0 aromatic heterocycles. The van der Waals surface area contributed by atoms with Crippen molar-refractivity contribution < 1.29 is 0 Å². The molecule has 0 heterocycles. The van der Waals surface area contributed by atoms with Crippen LogP contribution < -0.4 is 5.32 Å². The highest BCUT2D eigenvalue weighted by atomic mass is 35.5. The standard InChI is InChI=1S/C15H13Cl4N/c1-8-11(16)4-3-5-13(8)20-9(2)10-6-7-12(17)15(19)14(10)18/h3-7,9,20H,1-2H3. The van der Waals surface area contributed by atoms with Crippen LogP contribution in [-0.4, -0.2) is 0 Å². The predicted molar refractivity (Wildman–Crippen MR) is 89.7 cm³/mol. The summed E-state index contributed by atoms with van der Waals surface area (Å²) in [4.78, 5) is 0. The predicted octanol–water partition coefficient (Wildman–Crippen LogP) is 6.78. The Balaban J connectivity index is 2.31. The van der Waals surface area contributed by atoms with Gasteiger partial charge in [0.25, 0.3) is 0 Å². The lowest BCUT2D eigenvalue weighted by molar-refractivity contribution is 0.883. The summed E-state index contributed by atoms with van der Waals surface area (Å²) in [6.45, 7) is 3.97. The van der Waals surface area contributed by atoms with Crippen LogP contribution in [0.4, 0.5) is 5.69 Å². The van der Waals surface area contributed by atoms with Crippen LogP contribution in [0.15, 0.2) is 30.3 Å². The average Bonchev–Trinajstić information content (AvgIpc) is 2.41. The molecule has 0 bridgehead atoms. The van der Waals surface area contributed by atoms with Gasteiger partial charge in [0.1, 0.15) is 0 Å². The summed E-state index contributed by atoms with van der Waals surface area (Å²) in [5, 5.41) is 5.41. The minimum Gasteiger partial charge on any atom is -0.378 e. The quantitative estimate of drug-likeness (QED) is 0.602. The molecule has 0 amide bonds. The second-order valence-electron chi connectivity index (χ2n) is 4.54. The molecule has 0 fully saturated rings. The topological polar surface area (TPSA) is 12.0 Å². The van der Waals surface area contributed by atoms with E-state index in [2.05, 4.69) is 5.32 Å². The first kappa shape index (κ1) is 15.8. The normalized spacial score (nSPS) is 12.3. The molecule has 20 heavy (non-hydrogen) atoms. The van der Waals surface area contributed by atoms with Crippen molar-refractivity contribution in [1.82, 2.24) is 0 Å². The smallest absolute Gasteiger partial charge is 0.0782 e. The summed E-state index contributed by atoms with van der Waals surface area (Å²) >= 11 is 24.4. The van der Waals surface area contributed by atoms with Crippen LogP contribution >= 0.6 is 46.4 Å². The molecule has 2 rings (SSSR count). The van der Waals surface area contributed by atoms with Gasteiger partial charge in [0.05, 0.1) is 21.1 Å². The van der Waals surface area contributed by atoms with Gasteiger partial charge >= 0.3 is 0 Å². The van der Waals surface area contributed by atoms with Crippen LogP contribution in [0, 0.1) is 6.92 Å². The Kier molecular flexibility index (Phi) is 5.09. The van der Waals surface area contributed by atoms with Crippen LogP contribution in [0.3, 0.4) is 0 Å². The number of hydrogen-bond donors (Lipinski definition) is 1. The van der Waals surface area contributed by atoms with Gasteiger partial charge in [0.15, 0.2) is 0 Å². The first-order valence-electron chi connectivity index (χ1n) is 6.07. The molecule has 0 aliphatic heterocycles. The van der Waals surface area contributed by atoms with Crippen molar-refractivity contribution in [3.05, 3.63) is 61.5 Å². The van der Waals surface area contributed by atoms with Crippen LogP contribution in [0.25, 0.3) is 0 Å². The monoisotopic (exact) mass is 347 g/mol. The fourth-order valence-electron chi connectivity index (χ4n) is 1.95. The molecule has 2 aromatic carbocycles. The zero-order valence-corrected chi connectivity index (χ0v) is 14.0. The number of anilines is 1. The Hall–Kier alpha value is -0.600. The molecule has 0 saturated heterocycles. The molecule has 0 aliphatic carbocycles. The molecule has 1 unspecified atom stereocenters. The molecule has 1 N–H and O–H groups in total. The molecule has 106 valence electrons. The van der Waals surface area contributed by atoms with Gasteiger partial charge in [-0.15, -0.1) is 0 Å². The lowest BCUT2D eigenvalue weighted by atomic mass is 10.1. The van der Waals surface area contributed by atoms with Gasteiger partial charge in [-0.25, -0.2) is 0 Å². The Labute approximate surface area is 138 Å². The van der Waals surface area contributed by atoms with E-state index in [1.165, 1.54) is 0 Å². The van der Waals surface area contributed by atoms with E-state index in [0.29, 0.717) is 15.1 Å². The van der Waals surface area contributed by atoms with Gasteiger partial charge in [-0.3, -0.25) is 0 Å². The maximum atomic E-state index is 6.25. The molecule has 2 aromatic rings. The molecule has 0 radical (unpaired) electrons. The van der Waals surface area contributed by atoms with E-state index in [9.17, 15) is 0 Å². The highest BCUT2D eigenvalue weighted by molar-refractivity contribution is 6.48. The van der Waals surface area contributed by atoms with E-state index in [-0.39, 0.29) is 6.04 Å². The minimum atomic E-state index is -0.0190. The van der Waals surface area contributed by atoms with Crippen LogP contribution in [-0.2, 0) is 0 Å². The Morgan fingerprint density at radius 3 is 2.30 bits per heavy atom. The van der Waals surface area contributed by atoms with Gasteiger partial charge in [-0.2, -0.15) is 0 Å². The fourth-order valence-corrected chi connectivity index (χ4v) is 2.83. The van der Waals surface area contributed by atoms with Crippen molar-refractivity contribution in [3.8, 4) is 0 Å².